The fraction of sp³-hybridized carbons (Fsp3) is 0.0909. The zero-order valence-corrected chi connectivity index (χ0v) is 9.41. The van der Waals surface area contributed by atoms with Gasteiger partial charge in [-0.05, 0) is 24.4 Å². The van der Waals surface area contributed by atoms with Crippen LogP contribution in [0.5, 0.6) is 0 Å². The smallest absolute Gasteiger partial charge is 0.184 e. The molecule has 0 saturated carbocycles. The molecule has 0 aliphatic heterocycles. The van der Waals surface area contributed by atoms with Gasteiger partial charge in [-0.1, -0.05) is 6.07 Å². The molecule has 0 atom stereocenters. The summed E-state index contributed by atoms with van der Waals surface area (Å²) in [4.78, 5) is 5.50. The van der Waals surface area contributed by atoms with E-state index in [1.807, 2.05) is 30.5 Å². The number of aromatic amines is 1. The molecule has 0 unspecified atom stereocenters. The summed E-state index contributed by atoms with van der Waals surface area (Å²) in [6.45, 7) is 1.90. The van der Waals surface area contributed by atoms with Crippen LogP contribution in [0, 0.1) is 6.92 Å². The quantitative estimate of drug-likeness (QED) is 0.737. The Morgan fingerprint density at radius 3 is 3.06 bits per heavy atom. The van der Waals surface area contributed by atoms with Gasteiger partial charge < -0.3 is 4.42 Å². The summed E-state index contributed by atoms with van der Waals surface area (Å²) in [5.74, 6) is 2.32. The zero-order chi connectivity index (χ0) is 11.0. The van der Waals surface area contributed by atoms with Gasteiger partial charge in [0.15, 0.2) is 11.6 Å². The first-order valence-electron chi connectivity index (χ1n) is 4.85. The highest BCUT2D eigenvalue weighted by molar-refractivity contribution is 7.13. The van der Waals surface area contributed by atoms with Crippen molar-refractivity contribution in [3.05, 3.63) is 35.6 Å². The Labute approximate surface area is 96.0 Å². The van der Waals surface area contributed by atoms with Crippen molar-refractivity contribution in [2.24, 2.45) is 0 Å². The van der Waals surface area contributed by atoms with Gasteiger partial charge in [-0.3, -0.25) is 5.10 Å². The van der Waals surface area contributed by atoms with Crippen LogP contribution in [0.25, 0.3) is 22.1 Å². The molecule has 80 valence electrons. The Hall–Kier alpha value is -1.88. The summed E-state index contributed by atoms with van der Waals surface area (Å²) in [7, 11) is 0. The van der Waals surface area contributed by atoms with Crippen LogP contribution in [0.2, 0.25) is 0 Å². The number of nitrogens with zero attached hydrogens (tertiary/aromatic N) is 2. The van der Waals surface area contributed by atoms with Crippen molar-refractivity contribution in [1.29, 1.82) is 0 Å². The van der Waals surface area contributed by atoms with E-state index < -0.39 is 0 Å². The summed E-state index contributed by atoms with van der Waals surface area (Å²) in [6, 6.07) is 5.92. The van der Waals surface area contributed by atoms with Crippen LogP contribution < -0.4 is 0 Å². The maximum absolute atomic E-state index is 5.23. The van der Waals surface area contributed by atoms with E-state index in [1.54, 1.807) is 17.6 Å². The highest BCUT2D eigenvalue weighted by Gasteiger charge is 2.09. The minimum atomic E-state index is 0.667. The number of thiophene rings is 1. The van der Waals surface area contributed by atoms with E-state index in [9.17, 15) is 0 Å². The van der Waals surface area contributed by atoms with E-state index in [4.69, 9.17) is 4.42 Å². The molecule has 0 radical (unpaired) electrons. The fourth-order valence-electron chi connectivity index (χ4n) is 1.48. The van der Waals surface area contributed by atoms with Gasteiger partial charge in [0, 0.05) is 0 Å². The van der Waals surface area contributed by atoms with Crippen LogP contribution >= 0.6 is 11.3 Å². The lowest BCUT2D eigenvalue weighted by atomic mass is 10.3. The van der Waals surface area contributed by atoms with E-state index in [1.165, 1.54) is 0 Å². The minimum absolute atomic E-state index is 0.667. The predicted molar refractivity (Wildman–Crippen MR) is 62.1 cm³/mol. The predicted octanol–water partition coefficient (Wildman–Crippen LogP) is 3.10. The maximum atomic E-state index is 5.23. The van der Waals surface area contributed by atoms with E-state index >= 15 is 0 Å². The Bertz CT molecular complexity index is 594. The number of rotatable bonds is 2. The van der Waals surface area contributed by atoms with Crippen LogP contribution in [-0.2, 0) is 0 Å². The topological polar surface area (TPSA) is 54.7 Å². The Morgan fingerprint density at radius 1 is 1.44 bits per heavy atom. The largest absolute Gasteiger partial charge is 0.469 e. The number of nitrogens with one attached hydrogen (secondary N) is 1. The number of H-pyrrole nitrogens is 1. The van der Waals surface area contributed by atoms with E-state index in [0.717, 1.165) is 22.0 Å². The fourth-order valence-corrected chi connectivity index (χ4v) is 2.14. The van der Waals surface area contributed by atoms with Crippen LogP contribution in [-0.4, -0.2) is 15.2 Å². The molecule has 0 aliphatic rings. The minimum Gasteiger partial charge on any atom is -0.469 e. The molecular formula is C11H9N3OS. The summed E-state index contributed by atoms with van der Waals surface area (Å²) >= 11 is 1.63. The first kappa shape index (κ1) is 9.35. The van der Waals surface area contributed by atoms with Crippen LogP contribution in [0.15, 0.2) is 34.3 Å². The second-order valence-electron chi connectivity index (χ2n) is 3.43. The van der Waals surface area contributed by atoms with Gasteiger partial charge in [0.05, 0.1) is 10.4 Å². The third-order valence-corrected chi connectivity index (χ3v) is 3.11. The van der Waals surface area contributed by atoms with E-state index in [-0.39, 0.29) is 0 Å². The molecule has 5 heteroatoms. The van der Waals surface area contributed by atoms with Crippen molar-refractivity contribution in [2.75, 3.05) is 0 Å². The van der Waals surface area contributed by atoms with Crippen molar-refractivity contribution in [3.8, 4) is 22.1 Å². The van der Waals surface area contributed by atoms with Gasteiger partial charge in [0.2, 0.25) is 0 Å². The number of hydrogen-bond donors (Lipinski definition) is 1. The molecule has 0 spiro atoms. The van der Waals surface area contributed by atoms with Crippen LogP contribution in [0.1, 0.15) is 5.76 Å². The molecule has 1 N–H and O–H groups in total. The zero-order valence-electron chi connectivity index (χ0n) is 8.60. The van der Waals surface area contributed by atoms with Crippen molar-refractivity contribution in [3.63, 3.8) is 0 Å². The monoisotopic (exact) mass is 231 g/mol. The Morgan fingerprint density at radius 2 is 2.38 bits per heavy atom. The second kappa shape index (κ2) is 3.61. The molecule has 0 fully saturated rings. The van der Waals surface area contributed by atoms with Gasteiger partial charge in [-0.2, -0.15) is 5.10 Å². The summed E-state index contributed by atoms with van der Waals surface area (Å²) in [6.07, 6.45) is 1.66. The molecule has 16 heavy (non-hydrogen) atoms. The van der Waals surface area contributed by atoms with Crippen LogP contribution in [0.3, 0.4) is 0 Å². The van der Waals surface area contributed by atoms with E-state index in [2.05, 4.69) is 15.2 Å². The van der Waals surface area contributed by atoms with Crippen molar-refractivity contribution in [2.45, 2.75) is 6.92 Å². The van der Waals surface area contributed by atoms with Crippen molar-refractivity contribution in [1.82, 2.24) is 15.2 Å². The van der Waals surface area contributed by atoms with Crippen LogP contribution in [0.4, 0.5) is 0 Å². The maximum Gasteiger partial charge on any atom is 0.184 e. The van der Waals surface area contributed by atoms with Gasteiger partial charge in [-0.15, -0.1) is 11.3 Å². The Balaban J connectivity index is 2.00. The van der Waals surface area contributed by atoms with E-state index in [0.29, 0.717) is 5.82 Å². The summed E-state index contributed by atoms with van der Waals surface area (Å²) in [5.41, 5.74) is 0.900. The molecule has 3 aromatic rings. The lowest BCUT2D eigenvalue weighted by Gasteiger charge is -1.85. The molecule has 3 rings (SSSR count). The molecule has 0 aromatic carbocycles. The van der Waals surface area contributed by atoms with Crippen molar-refractivity contribution < 1.29 is 4.42 Å². The normalized spacial score (nSPS) is 10.8. The first-order valence-corrected chi connectivity index (χ1v) is 5.73. The standard InChI is InChI=1S/C11H9N3OS/c1-7-5-8(6-15-7)10-12-11(14-13-10)9-3-2-4-16-9/h2-6H,1H3,(H,12,13,14). The molecule has 0 aliphatic carbocycles. The van der Waals surface area contributed by atoms with Gasteiger partial charge >= 0.3 is 0 Å². The molecule has 4 nitrogen and oxygen atoms in total. The van der Waals surface area contributed by atoms with Gasteiger partial charge in [0.25, 0.3) is 0 Å². The summed E-state index contributed by atoms with van der Waals surface area (Å²) in [5, 5.41) is 9.10. The Kier molecular flexibility index (Phi) is 2.11. The number of aryl methyl sites for hydroxylation is 1. The molecule has 3 heterocycles. The van der Waals surface area contributed by atoms with Crippen molar-refractivity contribution >= 4 is 11.3 Å². The molecule has 0 bridgehead atoms. The highest BCUT2D eigenvalue weighted by atomic mass is 32.1. The molecule has 0 amide bonds. The molecule has 0 saturated heterocycles. The number of furan rings is 1. The average molecular weight is 231 g/mol. The lowest BCUT2D eigenvalue weighted by Crippen LogP contribution is -1.76. The summed E-state index contributed by atoms with van der Waals surface area (Å²) < 4.78 is 5.23. The third-order valence-electron chi connectivity index (χ3n) is 2.23. The number of aromatic nitrogens is 3. The number of hydrogen-bond acceptors (Lipinski definition) is 4. The molecule has 3 aromatic heterocycles. The average Bonchev–Trinajstić information content (AvgIpc) is 2.97. The van der Waals surface area contributed by atoms with Gasteiger partial charge in [-0.25, -0.2) is 4.98 Å². The molecular weight excluding hydrogens is 222 g/mol. The van der Waals surface area contributed by atoms with Gasteiger partial charge in [0.1, 0.15) is 12.0 Å². The highest BCUT2D eigenvalue weighted by Crippen LogP contribution is 2.24. The first-order chi connectivity index (χ1) is 7.83. The second-order valence-corrected chi connectivity index (χ2v) is 4.38. The SMILES string of the molecule is Cc1cc(-c2n[nH]c(-c3cccs3)n2)co1. The third kappa shape index (κ3) is 1.55. The lowest BCUT2D eigenvalue weighted by molar-refractivity contribution is 0.534.